The normalized spacial score (nSPS) is 11.2. The van der Waals surface area contributed by atoms with Crippen molar-refractivity contribution in [2.45, 2.75) is 4.52 Å². The first-order chi connectivity index (χ1) is 10.4. The van der Waals surface area contributed by atoms with Crippen LogP contribution < -0.4 is 5.73 Å². The standard InChI is InChI=1S/C14H11Cl3N2O3/c15-7-14(16,17)22-13(20)11-9(5-6-21-11)8-3-1-2-4-10(8)12(18)19/h1-6H,7H2,(H3,18,19). The van der Waals surface area contributed by atoms with Gasteiger partial charge in [-0.05, 0) is 11.6 Å². The van der Waals surface area contributed by atoms with Crippen LogP contribution in [0.15, 0.2) is 41.0 Å². The van der Waals surface area contributed by atoms with Gasteiger partial charge >= 0.3 is 5.97 Å². The van der Waals surface area contributed by atoms with E-state index in [1.807, 2.05) is 0 Å². The molecular weight excluding hydrogens is 351 g/mol. The summed E-state index contributed by atoms with van der Waals surface area (Å²) in [4.78, 5) is 12.1. The van der Waals surface area contributed by atoms with Crippen LogP contribution in [0, 0.1) is 5.41 Å². The Morgan fingerprint density at radius 3 is 2.59 bits per heavy atom. The molecule has 0 radical (unpaired) electrons. The van der Waals surface area contributed by atoms with Crippen molar-refractivity contribution in [1.29, 1.82) is 5.41 Å². The van der Waals surface area contributed by atoms with Crippen LogP contribution >= 0.6 is 34.8 Å². The molecule has 0 spiro atoms. The molecule has 0 bridgehead atoms. The van der Waals surface area contributed by atoms with Gasteiger partial charge in [0.15, 0.2) is 0 Å². The van der Waals surface area contributed by atoms with Crippen molar-refractivity contribution in [2.24, 2.45) is 5.73 Å². The summed E-state index contributed by atoms with van der Waals surface area (Å²) < 4.78 is 8.18. The molecule has 0 aliphatic heterocycles. The Kier molecular flexibility index (Phi) is 5.01. The Morgan fingerprint density at radius 1 is 1.27 bits per heavy atom. The lowest BCUT2D eigenvalue weighted by atomic mass is 9.99. The van der Waals surface area contributed by atoms with Gasteiger partial charge in [-0.3, -0.25) is 5.41 Å². The minimum Gasteiger partial charge on any atom is -0.457 e. The van der Waals surface area contributed by atoms with Crippen LogP contribution in [0.4, 0.5) is 0 Å². The fourth-order valence-electron chi connectivity index (χ4n) is 1.84. The maximum Gasteiger partial charge on any atom is 0.377 e. The van der Waals surface area contributed by atoms with E-state index in [1.165, 1.54) is 6.26 Å². The van der Waals surface area contributed by atoms with E-state index in [1.54, 1.807) is 30.3 Å². The zero-order valence-corrected chi connectivity index (χ0v) is 13.4. The number of nitrogen functional groups attached to an aromatic ring is 1. The summed E-state index contributed by atoms with van der Waals surface area (Å²) in [5.41, 5.74) is 6.97. The first-order valence-corrected chi connectivity index (χ1v) is 7.33. The van der Waals surface area contributed by atoms with Gasteiger partial charge < -0.3 is 14.9 Å². The average Bonchev–Trinajstić information content (AvgIpc) is 2.96. The summed E-state index contributed by atoms with van der Waals surface area (Å²) in [6.07, 6.45) is 1.31. The van der Waals surface area contributed by atoms with Gasteiger partial charge in [0.25, 0.3) is 4.52 Å². The van der Waals surface area contributed by atoms with E-state index in [2.05, 4.69) is 0 Å². The summed E-state index contributed by atoms with van der Waals surface area (Å²) in [5, 5.41) is 7.60. The van der Waals surface area contributed by atoms with Crippen molar-refractivity contribution in [2.75, 3.05) is 5.88 Å². The van der Waals surface area contributed by atoms with Gasteiger partial charge in [0.1, 0.15) is 5.84 Å². The Labute approximate surface area is 141 Å². The molecule has 8 heteroatoms. The molecule has 0 unspecified atom stereocenters. The second-order valence-electron chi connectivity index (χ2n) is 4.28. The smallest absolute Gasteiger partial charge is 0.377 e. The Balaban J connectivity index is 2.43. The van der Waals surface area contributed by atoms with E-state index in [-0.39, 0.29) is 17.5 Å². The number of ether oxygens (including phenoxy) is 1. The van der Waals surface area contributed by atoms with E-state index in [0.717, 1.165) is 0 Å². The Morgan fingerprint density at radius 2 is 1.95 bits per heavy atom. The quantitative estimate of drug-likeness (QED) is 0.367. The highest BCUT2D eigenvalue weighted by atomic mass is 35.5. The van der Waals surface area contributed by atoms with Crippen LogP contribution in [0.2, 0.25) is 0 Å². The predicted molar refractivity (Wildman–Crippen MR) is 85.7 cm³/mol. The number of carbonyl (C=O) groups is 1. The third-order valence-electron chi connectivity index (χ3n) is 2.76. The van der Waals surface area contributed by atoms with E-state index < -0.39 is 10.5 Å². The molecule has 116 valence electrons. The Bertz CT molecular complexity index is 713. The Hall–Kier alpha value is -1.69. The third-order valence-corrected chi connectivity index (χ3v) is 3.83. The van der Waals surface area contributed by atoms with Crippen molar-refractivity contribution < 1.29 is 13.9 Å². The molecule has 0 aliphatic carbocycles. The molecule has 3 N–H and O–H groups in total. The number of carbonyl (C=O) groups excluding carboxylic acids is 1. The zero-order valence-electron chi connectivity index (χ0n) is 11.1. The fourth-order valence-corrected chi connectivity index (χ4v) is 2.04. The number of nitrogens with two attached hydrogens (primary N) is 1. The van der Waals surface area contributed by atoms with Gasteiger partial charge in [-0.15, -0.1) is 11.6 Å². The van der Waals surface area contributed by atoms with Crippen LogP contribution in [0.25, 0.3) is 11.1 Å². The van der Waals surface area contributed by atoms with E-state index in [0.29, 0.717) is 16.7 Å². The maximum atomic E-state index is 12.1. The summed E-state index contributed by atoms with van der Waals surface area (Å²) in [6, 6.07) is 8.40. The number of amidine groups is 1. The SMILES string of the molecule is N=C(N)c1ccccc1-c1ccoc1C(=O)OC(Cl)(Cl)CCl. The minimum atomic E-state index is -1.86. The van der Waals surface area contributed by atoms with Gasteiger partial charge in [0.05, 0.1) is 12.1 Å². The molecule has 1 heterocycles. The number of alkyl halides is 3. The van der Waals surface area contributed by atoms with Gasteiger partial charge in [-0.2, -0.15) is 0 Å². The lowest BCUT2D eigenvalue weighted by molar-refractivity contribution is 0.0376. The lowest BCUT2D eigenvalue weighted by Crippen LogP contribution is -2.24. The topological polar surface area (TPSA) is 89.3 Å². The number of halogens is 3. The molecule has 5 nitrogen and oxygen atoms in total. The highest BCUT2D eigenvalue weighted by Gasteiger charge is 2.31. The van der Waals surface area contributed by atoms with Crippen LogP contribution in [-0.4, -0.2) is 22.2 Å². The number of hydrogen-bond acceptors (Lipinski definition) is 4. The monoisotopic (exact) mass is 360 g/mol. The number of hydrogen-bond donors (Lipinski definition) is 2. The number of benzene rings is 1. The second kappa shape index (κ2) is 6.60. The average molecular weight is 362 g/mol. The highest BCUT2D eigenvalue weighted by Crippen LogP contribution is 2.31. The molecule has 0 saturated carbocycles. The lowest BCUT2D eigenvalue weighted by Gasteiger charge is -2.16. The number of furan rings is 1. The van der Waals surface area contributed by atoms with E-state index in [9.17, 15) is 4.79 Å². The van der Waals surface area contributed by atoms with Gasteiger partial charge in [-0.1, -0.05) is 47.5 Å². The van der Waals surface area contributed by atoms with E-state index in [4.69, 9.17) is 55.1 Å². The van der Waals surface area contributed by atoms with Crippen LogP contribution in [0.5, 0.6) is 0 Å². The first kappa shape index (κ1) is 16.7. The van der Waals surface area contributed by atoms with Crippen molar-refractivity contribution in [1.82, 2.24) is 0 Å². The van der Waals surface area contributed by atoms with Gasteiger partial charge in [0.2, 0.25) is 5.76 Å². The second-order valence-corrected chi connectivity index (χ2v) is 5.96. The molecule has 0 aliphatic rings. The van der Waals surface area contributed by atoms with Crippen molar-refractivity contribution in [3.8, 4) is 11.1 Å². The van der Waals surface area contributed by atoms with Gasteiger partial charge in [-0.25, -0.2) is 4.79 Å². The van der Waals surface area contributed by atoms with Crippen molar-refractivity contribution in [3.05, 3.63) is 47.9 Å². The van der Waals surface area contributed by atoms with Gasteiger partial charge in [0, 0.05) is 11.1 Å². The van der Waals surface area contributed by atoms with Crippen LogP contribution in [0.1, 0.15) is 16.1 Å². The molecule has 0 saturated heterocycles. The number of esters is 1. The van der Waals surface area contributed by atoms with E-state index >= 15 is 0 Å². The molecule has 2 rings (SSSR count). The summed E-state index contributed by atoms with van der Waals surface area (Å²) in [6.45, 7) is 0. The summed E-state index contributed by atoms with van der Waals surface area (Å²) in [7, 11) is 0. The van der Waals surface area contributed by atoms with Crippen LogP contribution in [-0.2, 0) is 4.74 Å². The molecule has 1 aromatic carbocycles. The number of rotatable bonds is 5. The largest absolute Gasteiger partial charge is 0.457 e. The minimum absolute atomic E-state index is 0.107. The summed E-state index contributed by atoms with van der Waals surface area (Å²) >= 11 is 16.9. The zero-order chi connectivity index (χ0) is 16.3. The highest BCUT2D eigenvalue weighted by molar-refractivity contribution is 6.50. The van der Waals surface area contributed by atoms with Crippen molar-refractivity contribution in [3.63, 3.8) is 0 Å². The molecule has 0 fully saturated rings. The third kappa shape index (κ3) is 3.55. The maximum absolute atomic E-state index is 12.1. The molecule has 0 atom stereocenters. The molecule has 0 amide bonds. The molecule has 22 heavy (non-hydrogen) atoms. The fraction of sp³-hybridized carbons (Fsp3) is 0.143. The molecule has 2 aromatic rings. The van der Waals surface area contributed by atoms with Crippen LogP contribution in [0.3, 0.4) is 0 Å². The number of nitrogens with one attached hydrogen (secondary N) is 1. The molecular formula is C14H11Cl3N2O3. The predicted octanol–water partition coefficient (Wildman–Crippen LogP) is 3.76. The van der Waals surface area contributed by atoms with Crippen molar-refractivity contribution >= 4 is 46.6 Å². The first-order valence-electron chi connectivity index (χ1n) is 6.04. The summed E-state index contributed by atoms with van der Waals surface area (Å²) in [5.74, 6) is -1.42. The molecule has 1 aromatic heterocycles.